The van der Waals surface area contributed by atoms with Crippen molar-refractivity contribution >= 4 is 5.91 Å². The normalized spacial score (nSPS) is 12.0. The van der Waals surface area contributed by atoms with Gasteiger partial charge < -0.3 is 4.90 Å². The van der Waals surface area contributed by atoms with E-state index in [1.54, 1.807) is 19.3 Å². The molecule has 2 aromatic rings. The van der Waals surface area contributed by atoms with Crippen LogP contribution >= 0.6 is 0 Å². The highest BCUT2D eigenvalue weighted by molar-refractivity contribution is 5.78. The van der Waals surface area contributed by atoms with Crippen LogP contribution in [0, 0.1) is 17.5 Å². The van der Waals surface area contributed by atoms with Gasteiger partial charge in [-0.2, -0.15) is 0 Å². The zero-order valence-corrected chi connectivity index (χ0v) is 12.9. The lowest BCUT2D eigenvalue weighted by Crippen LogP contribution is -2.37. The van der Waals surface area contributed by atoms with E-state index in [1.165, 1.54) is 4.90 Å². The van der Waals surface area contributed by atoms with Gasteiger partial charge in [0.2, 0.25) is 5.91 Å². The fraction of sp³-hybridized carbons (Fsp3) is 0.294. The Labute approximate surface area is 132 Å². The Morgan fingerprint density at radius 2 is 1.91 bits per heavy atom. The van der Waals surface area contributed by atoms with Crippen LogP contribution in [0.25, 0.3) is 0 Å². The minimum absolute atomic E-state index is 0.161. The van der Waals surface area contributed by atoms with Crippen LogP contribution in [0.2, 0.25) is 0 Å². The largest absolute Gasteiger partial charge is 0.342 e. The second-order valence-corrected chi connectivity index (χ2v) is 5.39. The fourth-order valence-corrected chi connectivity index (χ4v) is 2.19. The Morgan fingerprint density at radius 3 is 2.57 bits per heavy atom. The molecule has 0 spiro atoms. The molecule has 6 heteroatoms. The van der Waals surface area contributed by atoms with Crippen molar-refractivity contribution in [2.75, 3.05) is 7.05 Å². The molecule has 1 unspecified atom stereocenters. The lowest BCUT2D eigenvalue weighted by atomic mass is 10.1. The summed E-state index contributed by atoms with van der Waals surface area (Å²) in [6, 6.07) is 7.25. The van der Waals surface area contributed by atoms with Crippen molar-refractivity contribution in [2.45, 2.75) is 25.8 Å². The average molecular weight is 322 g/mol. The molecular weight excluding hydrogens is 305 g/mol. The van der Waals surface area contributed by atoms with Crippen LogP contribution in [0.5, 0.6) is 0 Å². The second kappa shape index (κ2) is 7.26. The number of carbonyl (C=O) groups excluding carboxylic acids is 1. The van der Waals surface area contributed by atoms with E-state index >= 15 is 0 Å². The van der Waals surface area contributed by atoms with Crippen LogP contribution in [0.1, 0.15) is 18.2 Å². The summed E-state index contributed by atoms with van der Waals surface area (Å²) in [5.74, 6) is -4.52. The predicted molar refractivity (Wildman–Crippen MR) is 80.2 cm³/mol. The van der Waals surface area contributed by atoms with Crippen molar-refractivity contribution in [3.63, 3.8) is 0 Å². The maximum Gasteiger partial charge on any atom is 0.227 e. The molecule has 0 aliphatic carbocycles. The van der Waals surface area contributed by atoms with E-state index < -0.39 is 17.5 Å². The Bertz CT molecular complexity index is 692. The van der Waals surface area contributed by atoms with Crippen molar-refractivity contribution in [2.24, 2.45) is 0 Å². The molecule has 0 radical (unpaired) electrons. The minimum Gasteiger partial charge on any atom is -0.342 e. The first kappa shape index (κ1) is 17.0. The molecule has 0 saturated heterocycles. The van der Waals surface area contributed by atoms with Crippen molar-refractivity contribution in [3.8, 4) is 0 Å². The number of nitrogens with zero attached hydrogens (tertiary/aromatic N) is 2. The number of halogens is 3. The number of hydrogen-bond acceptors (Lipinski definition) is 2. The second-order valence-electron chi connectivity index (χ2n) is 5.39. The Kier molecular flexibility index (Phi) is 5.36. The first-order valence-corrected chi connectivity index (χ1v) is 7.18. The number of likely N-dealkylation sites (N-methyl/N-ethyl adjacent to an activating group) is 1. The molecule has 0 fully saturated rings. The first-order valence-electron chi connectivity index (χ1n) is 7.18. The van der Waals surface area contributed by atoms with Gasteiger partial charge in [0.15, 0.2) is 17.5 Å². The van der Waals surface area contributed by atoms with Gasteiger partial charge in [-0.1, -0.05) is 12.1 Å². The third-order valence-corrected chi connectivity index (χ3v) is 3.74. The Morgan fingerprint density at radius 1 is 1.17 bits per heavy atom. The van der Waals surface area contributed by atoms with E-state index in [9.17, 15) is 18.0 Å². The third-order valence-electron chi connectivity index (χ3n) is 3.74. The lowest BCUT2D eigenvalue weighted by molar-refractivity contribution is -0.130. The summed E-state index contributed by atoms with van der Waals surface area (Å²) in [5, 5.41) is 0. The molecule has 0 aliphatic heterocycles. The van der Waals surface area contributed by atoms with Gasteiger partial charge in [0.25, 0.3) is 0 Å². The number of aromatic nitrogens is 1. The molecule has 0 bridgehead atoms. The lowest BCUT2D eigenvalue weighted by Gasteiger charge is -2.25. The summed E-state index contributed by atoms with van der Waals surface area (Å²) in [7, 11) is 1.59. The molecule has 3 nitrogen and oxygen atoms in total. The summed E-state index contributed by atoms with van der Waals surface area (Å²) in [6.45, 7) is 1.84. The SMILES string of the molecule is CC(Cc1ccccn1)N(C)C(=O)Cc1ccc(F)c(F)c1F. The van der Waals surface area contributed by atoms with Gasteiger partial charge in [0, 0.05) is 37.0 Å². The monoisotopic (exact) mass is 322 g/mol. The van der Waals surface area contributed by atoms with E-state index in [0.717, 1.165) is 17.8 Å². The summed E-state index contributed by atoms with van der Waals surface area (Å²) in [4.78, 5) is 17.9. The number of hydrogen-bond donors (Lipinski definition) is 0. The quantitative estimate of drug-likeness (QED) is 0.793. The molecule has 1 aromatic carbocycles. The van der Waals surface area contributed by atoms with Gasteiger partial charge in [0.1, 0.15) is 0 Å². The van der Waals surface area contributed by atoms with Gasteiger partial charge in [-0.05, 0) is 25.1 Å². The van der Waals surface area contributed by atoms with Gasteiger partial charge in [0.05, 0.1) is 6.42 Å². The molecule has 1 atom stereocenters. The zero-order valence-electron chi connectivity index (χ0n) is 12.9. The smallest absolute Gasteiger partial charge is 0.227 e. The molecule has 122 valence electrons. The number of rotatable bonds is 5. The van der Waals surface area contributed by atoms with Crippen LogP contribution in [0.3, 0.4) is 0 Å². The van der Waals surface area contributed by atoms with Crippen LogP contribution < -0.4 is 0 Å². The standard InChI is InChI=1S/C17H17F3N2O/c1-11(9-13-5-3-4-8-21-13)22(2)15(23)10-12-6-7-14(18)17(20)16(12)19/h3-8,11H,9-10H2,1-2H3. The summed E-state index contributed by atoms with van der Waals surface area (Å²) >= 11 is 0. The zero-order chi connectivity index (χ0) is 17.0. The Hall–Kier alpha value is -2.37. The van der Waals surface area contributed by atoms with E-state index in [0.29, 0.717) is 6.42 Å². The number of carbonyl (C=O) groups is 1. The molecule has 1 amide bonds. The molecule has 1 aromatic heterocycles. The van der Waals surface area contributed by atoms with Crippen LogP contribution in [-0.4, -0.2) is 28.9 Å². The number of benzene rings is 1. The summed E-state index contributed by atoms with van der Waals surface area (Å²) < 4.78 is 39.8. The number of pyridine rings is 1. The van der Waals surface area contributed by atoms with Gasteiger partial charge in [-0.3, -0.25) is 9.78 Å². The highest BCUT2D eigenvalue weighted by atomic mass is 19.2. The molecular formula is C17H17F3N2O. The van der Waals surface area contributed by atoms with Crippen molar-refractivity contribution < 1.29 is 18.0 Å². The molecule has 0 N–H and O–H groups in total. The highest BCUT2D eigenvalue weighted by Crippen LogP contribution is 2.17. The van der Waals surface area contributed by atoms with E-state index in [-0.39, 0.29) is 23.9 Å². The van der Waals surface area contributed by atoms with Crippen LogP contribution in [0.4, 0.5) is 13.2 Å². The maximum absolute atomic E-state index is 13.6. The maximum atomic E-state index is 13.6. The van der Waals surface area contributed by atoms with Gasteiger partial charge >= 0.3 is 0 Å². The van der Waals surface area contributed by atoms with Crippen molar-refractivity contribution in [1.82, 2.24) is 9.88 Å². The predicted octanol–water partition coefficient (Wildman–Crippen LogP) is 3.13. The van der Waals surface area contributed by atoms with Crippen molar-refractivity contribution in [1.29, 1.82) is 0 Å². The molecule has 2 rings (SSSR count). The van der Waals surface area contributed by atoms with E-state index in [2.05, 4.69) is 4.98 Å². The number of amides is 1. The molecule has 23 heavy (non-hydrogen) atoms. The van der Waals surface area contributed by atoms with Crippen LogP contribution in [0.15, 0.2) is 36.5 Å². The summed E-state index contributed by atoms with van der Waals surface area (Å²) in [6.07, 6.45) is 1.88. The summed E-state index contributed by atoms with van der Waals surface area (Å²) in [5.41, 5.74) is 0.671. The Balaban J connectivity index is 2.04. The first-order chi connectivity index (χ1) is 10.9. The van der Waals surface area contributed by atoms with Crippen LogP contribution in [-0.2, 0) is 17.6 Å². The molecule has 0 aliphatic rings. The topological polar surface area (TPSA) is 33.2 Å². The highest BCUT2D eigenvalue weighted by Gasteiger charge is 2.20. The minimum atomic E-state index is -1.56. The third kappa shape index (κ3) is 4.09. The van der Waals surface area contributed by atoms with Crippen molar-refractivity contribution in [3.05, 3.63) is 65.2 Å². The van der Waals surface area contributed by atoms with Gasteiger partial charge in [-0.15, -0.1) is 0 Å². The fourth-order valence-electron chi connectivity index (χ4n) is 2.19. The molecule has 1 heterocycles. The average Bonchev–Trinajstić information content (AvgIpc) is 2.55. The molecule has 0 saturated carbocycles. The van der Waals surface area contributed by atoms with E-state index in [4.69, 9.17) is 0 Å². The van der Waals surface area contributed by atoms with E-state index in [1.807, 2.05) is 19.1 Å². The van der Waals surface area contributed by atoms with Gasteiger partial charge in [-0.25, -0.2) is 13.2 Å².